The van der Waals surface area contributed by atoms with Gasteiger partial charge in [0.1, 0.15) is 0 Å². The zero-order valence-corrected chi connectivity index (χ0v) is 17.6. The smallest absolute Gasteiger partial charge is 0.260 e. The molecule has 0 bridgehead atoms. The van der Waals surface area contributed by atoms with Gasteiger partial charge in [0, 0.05) is 16.0 Å². The van der Waals surface area contributed by atoms with E-state index in [4.69, 9.17) is 4.03 Å². The minimum atomic E-state index is -2.71. The third kappa shape index (κ3) is 4.40. The first kappa shape index (κ1) is 19.9. The van der Waals surface area contributed by atoms with E-state index in [-0.39, 0.29) is 10.8 Å². The van der Waals surface area contributed by atoms with Gasteiger partial charge in [-0.05, 0) is 22.3 Å². The highest BCUT2D eigenvalue weighted by atomic mass is 32.2. The average molecular weight is 376 g/mol. The van der Waals surface area contributed by atoms with Crippen molar-refractivity contribution < 1.29 is 9.32 Å². The van der Waals surface area contributed by atoms with Gasteiger partial charge in [0.2, 0.25) is 0 Å². The molecule has 2 aromatic carbocycles. The molecule has 2 rings (SSSR count). The lowest BCUT2D eigenvalue weighted by atomic mass is 10.2. The number of benzene rings is 2. The third-order valence-electron chi connectivity index (χ3n) is 4.35. The molecule has 0 aliphatic heterocycles. The number of aliphatic hydroxyl groups excluding tert-OH is 1. The Morgan fingerprint density at radius 3 is 1.72 bits per heavy atom. The minimum absolute atomic E-state index is 0.174. The van der Waals surface area contributed by atoms with Crippen LogP contribution in [0.5, 0.6) is 0 Å². The zero-order chi connectivity index (χ0) is 18.7. The van der Waals surface area contributed by atoms with Crippen LogP contribution in [0, 0.1) is 0 Å². The Balaban J connectivity index is 2.88. The average Bonchev–Trinajstić information content (AvgIpc) is 2.52. The van der Waals surface area contributed by atoms with E-state index < -0.39 is 24.1 Å². The van der Waals surface area contributed by atoms with E-state index in [1.54, 1.807) is 13.2 Å². The fourth-order valence-corrected chi connectivity index (χ4v) is 12.3. The molecule has 0 saturated carbocycles. The normalized spacial score (nSPS) is 16.1. The molecule has 25 heavy (non-hydrogen) atoms. The summed E-state index contributed by atoms with van der Waals surface area (Å²) in [6, 6.07) is 20.5. The SMILES string of the molecule is C[C@@H](O)C[S@](C)(=O)=N[Si](c1ccccc1)(c1ccccc1)C(C)(C)C. The van der Waals surface area contributed by atoms with Crippen LogP contribution in [0.25, 0.3) is 0 Å². The van der Waals surface area contributed by atoms with Gasteiger partial charge in [-0.2, -0.15) is 0 Å². The van der Waals surface area contributed by atoms with E-state index in [1.807, 2.05) is 36.4 Å². The third-order valence-corrected chi connectivity index (χ3v) is 12.6. The molecule has 0 saturated heterocycles. The number of nitrogens with zero attached hydrogens (tertiary/aromatic N) is 1. The van der Waals surface area contributed by atoms with Crippen molar-refractivity contribution in [2.75, 3.05) is 12.0 Å². The Morgan fingerprint density at radius 2 is 1.40 bits per heavy atom. The molecule has 0 aromatic heterocycles. The molecule has 0 amide bonds. The minimum Gasteiger partial charge on any atom is -0.392 e. The van der Waals surface area contributed by atoms with Gasteiger partial charge in [0.15, 0.2) is 0 Å². The first-order valence-corrected chi connectivity index (χ1v) is 12.6. The maximum atomic E-state index is 13.3. The lowest BCUT2D eigenvalue weighted by molar-refractivity contribution is 0.219. The highest BCUT2D eigenvalue weighted by molar-refractivity contribution is 7.93. The van der Waals surface area contributed by atoms with E-state index in [2.05, 4.69) is 45.0 Å². The Bertz CT molecular complexity index is 765. The zero-order valence-electron chi connectivity index (χ0n) is 15.8. The number of rotatable bonds is 5. The molecule has 0 heterocycles. The lowest BCUT2D eigenvalue weighted by Gasteiger charge is -2.40. The molecule has 2 aromatic rings. The molecule has 3 nitrogen and oxygen atoms in total. The highest BCUT2D eigenvalue weighted by Crippen LogP contribution is 2.37. The molecular formula is C20H29NO2SSi. The van der Waals surface area contributed by atoms with Crippen LogP contribution in [0.4, 0.5) is 0 Å². The second-order valence-corrected chi connectivity index (χ2v) is 14.8. The molecule has 0 aliphatic rings. The van der Waals surface area contributed by atoms with Crippen molar-refractivity contribution in [2.45, 2.75) is 38.8 Å². The number of aliphatic hydroxyl groups is 1. The Labute approximate surface area is 153 Å². The molecule has 0 spiro atoms. The highest BCUT2D eigenvalue weighted by Gasteiger charge is 2.49. The van der Waals surface area contributed by atoms with Crippen molar-refractivity contribution in [3.05, 3.63) is 60.7 Å². The van der Waals surface area contributed by atoms with Crippen LogP contribution in [0.15, 0.2) is 64.7 Å². The van der Waals surface area contributed by atoms with Gasteiger partial charge >= 0.3 is 0 Å². The quantitative estimate of drug-likeness (QED) is 0.817. The second-order valence-electron chi connectivity index (χ2n) is 7.76. The number of hydrogen-bond acceptors (Lipinski definition) is 3. The maximum Gasteiger partial charge on any atom is 0.260 e. The second kappa shape index (κ2) is 7.44. The Morgan fingerprint density at radius 1 is 1.00 bits per heavy atom. The molecule has 0 radical (unpaired) electrons. The van der Waals surface area contributed by atoms with Gasteiger partial charge < -0.3 is 5.11 Å². The summed E-state index contributed by atoms with van der Waals surface area (Å²) in [7, 11) is -5.24. The lowest BCUT2D eigenvalue weighted by Crippen LogP contribution is -2.63. The first-order chi connectivity index (χ1) is 11.6. The van der Waals surface area contributed by atoms with Crippen LogP contribution in [0.1, 0.15) is 27.7 Å². The molecular weight excluding hydrogens is 346 g/mol. The molecule has 0 aliphatic carbocycles. The van der Waals surface area contributed by atoms with Gasteiger partial charge in [0.05, 0.1) is 11.9 Å². The number of hydrogen-bond donors (Lipinski definition) is 1. The largest absolute Gasteiger partial charge is 0.392 e. The molecule has 136 valence electrons. The predicted molar refractivity (Wildman–Crippen MR) is 111 cm³/mol. The predicted octanol–water partition coefficient (Wildman–Crippen LogP) is 3.03. The van der Waals surface area contributed by atoms with Gasteiger partial charge in [0.25, 0.3) is 8.24 Å². The van der Waals surface area contributed by atoms with Gasteiger partial charge in [-0.25, -0.2) is 0 Å². The van der Waals surface area contributed by atoms with E-state index in [0.717, 1.165) is 10.4 Å². The van der Waals surface area contributed by atoms with Crippen molar-refractivity contribution in [1.29, 1.82) is 0 Å². The summed E-state index contributed by atoms with van der Waals surface area (Å²) in [6.45, 7) is 8.21. The fourth-order valence-electron chi connectivity index (χ4n) is 3.41. The van der Waals surface area contributed by atoms with Crippen LogP contribution in [-0.4, -0.2) is 35.7 Å². The summed E-state index contributed by atoms with van der Waals surface area (Å²) in [6.07, 6.45) is 1.04. The monoisotopic (exact) mass is 375 g/mol. The van der Waals surface area contributed by atoms with Gasteiger partial charge in [-0.3, -0.25) is 8.24 Å². The molecule has 0 unspecified atom stereocenters. The summed E-state index contributed by atoms with van der Waals surface area (Å²) in [5.74, 6) is 0.192. The summed E-state index contributed by atoms with van der Waals surface area (Å²) >= 11 is 0. The van der Waals surface area contributed by atoms with Crippen LogP contribution < -0.4 is 10.4 Å². The summed E-state index contributed by atoms with van der Waals surface area (Å²) in [5, 5.41) is 11.9. The van der Waals surface area contributed by atoms with Gasteiger partial charge in [-0.15, -0.1) is 0 Å². The van der Waals surface area contributed by atoms with E-state index in [1.165, 1.54) is 0 Å². The summed E-state index contributed by atoms with van der Waals surface area (Å²) in [5.41, 5.74) is 0. The maximum absolute atomic E-state index is 13.3. The van der Waals surface area contributed by atoms with Crippen molar-refractivity contribution in [3.63, 3.8) is 0 Å². The van der Waals surface area contributed by atoms with E-state index >= 15 is 0 Å². The Hall–Kier alpha value is -1.43. The van der Waals surface area contributed by atoms with Crippen LogP contribution in [-0.2, 0) is 9.73 Å². The van der Waals surface area contributed by atoms with Crippen LogP contribution in [0.3, 0.4) is 0 Å². The van der Waals surface area contributed by atoms with Gasteiger partial charge in [-0.1, -0.05) is 81.4 Å². The summed E-state index contributed by atoms with van der Waals surface area (Å²) in [4.78, 5) is 0. The standard InChI is InChI=1S/C20H29NO2SSi/c1-17(22)16-24(5,23)21-25(20(2,3)4,18-12-8-6-9-13-18)19-14-10-7-11-15-19/h6-15,17,22H,16H2,1-5H3/t17-,24+/m1/s1. The fraction of sp³-hybridized carbons (Fsp3) is 0.400. The molecule has 0 fully saturated rings. The van der Waals surface area contributed by atoms with Crippen LogP contribution in [0.2, 0.25) is 5.04 Å². The Kier molecular flexibility index (Phi) is 5.92. The molecule has 2 atom stereocenters. The first-order valence-electron chi connectivity index (χ1n) is 8.58. The van der Waals surface area contributed by atoms with E-state index in [0.29, 0.717) is 0 Å². The van der Waals surface area contributed by atoms with Crippen molar-refractivity contribution in [3.8, 4) is 0 Å². The van der Waals surface area contributed by atoms with Crippen molar-refractivity contribution >= 4 is 28.3 Å². The van der Waals surface area contributed by atoms with E-state index in [9.17, 15) is 9.32 Å². The topological polar surface area (TPSA) is 49.7 Å². The molecule has 1 N–H and O–H groups in total. The molecule has 5 heteroatoms. The van der Waals surface area contributed by atoms with Crippen molar-refractivity contribution in [2.24, 2.45) is 4.03 Å². The van der Waals surface area contributed by atoms with Crippen LogP contribution >= 0.6 is 0 Å². The summed E-state index contributed by atoms with van der Waals surface area (Å²) < 4.78 is 18.4. The van der Waals surface area contributed by atoms with Crippen molar-refractivity contribution in [1.82, 2.24) is 0 Å².